The normalized spacial score (nSPS) is 10.4. The Hall–Kier alpha value is -3.41. The van der Waals surface area contributed by atoms with E-state index in [9.17, 15) is 14.7 Å². The molecule has 1 aromatic heterocycles. The first-order valence-electron chi connectivity index (χ1n) is 7.74. The molecule has 1 heterocycles. The third-order valence-corrected chi connectivity index (χ3v) is 3.93. The minimum Gasteiger partial charge on any atom is -0.478 e. The van der Waals surface area contributed by atoms with Crippen molar-refractivity contribution in [2.45, 2.75) is 6.54 Å². The van der Waals surface area contributed by atoms with Crippen LogP contribution in [0, 0.1) is 0 Å². The third-order valence-electron chi connectivity index (χ3n) is 3.93. The lowest BCUT2D eigenvalue weighted by Gasteiger charge is -2.09. The van der Waals surface area contributed by atoms with E-state index in [1.165, 1.54) is 4.68 Å². The molecular weight excluding hydrogens is 318 g/mol. The molecule has 3 rings (SSSR count). The van der Waals surface area contributed by atoms with Crippen molar-refractivity contribution >= 4 is 11.9 Å². The number of benzene rings is 2. The van der Waals surface area contributed by atoms with Gasteiger partial charge in [-0.3, -0.25) is 9.48 Å². The van der Waals surface area contributed by atoms with Gasteiger partial charge in [0.05, 0.1) is 5.56 Å². The second-order valence-corrected chi connectivity index (χ2v) is 5.57. The molecule has 0 bridgehead atoms. The number of carboxylic acids is 1. The Kier molecular flexibility index (Phi) is 4.61. The predicted octanol–water partition coefficient (Wildman–Crippen LogP) is 2.72. The molecule has 0 unspecified atom stereocenters. The number of rotatable bonds is 5. The van der Waals surface area contributed by atoms with Gasteiger partial charge in [-0.25, -0.2) is 4.79 Å². The highest BCUT2D eigenvalue weighted by atomic mass is 16.4. The van der Waals surface area contributed by atoms with E-state index in [1.807, 2.05) is 30.3 Å². The number of nitrogens with zero attached hydrogens (tertiary/aromatic N) is 2. The highest BCUT2D eigenvalue weighted by molar-refractivity contribution is 5.96. The van der Waals surface area contributed by atoms with Crippen molar-refractivity contribution in [2.24, 2.45) is 7.05 Å². The molecule has 126 valence electrons. The molecule has 1 amide bonds. The fraction of sp³-hybridized carbons (Fsp3) is 0.105. The number of aromatic carboxylic acids is 1. The van der Waals surface area contributed by atoms with Gasteiger partial charge in [-0.15, -0.1) is 0 Å². The zero-order valence-electron chi connectivity index (χ0n) is 13.6. The van der Waals surface area contributed by atoms with Crippen LogP contribution in [0.2, 0.25) is 0 Å². The number of aryl methyl sites for hydroxylation is 1. The van der Waals surface area contributed by atoms with Crippen LogP contribution in [0.5, 0.6) is 0 Å². The molecular formula is C19H17N3O3. The SMILES string of the molecule is Cn1nccc1C(=O)NCc1ccc(-c2ccccc2C(=O)O)cc1. The van der Waals surface area contributed by atoms with Crippen molar-refractivity contribution in [1.82, 2.24) is 15.1 Å². The summed E-state index contributed by atoms with van der Waals surface area (Å²) in [6, 6.07) is 16.0. The largest absolute Gasteiger partial charge is 0.478 e. The number of hydrogen-bond acceptors (Lipinski definition) is 3. The lowest BCUT2D eigenvalue weighted by molar-refractivity contribution is 0.0697. The summed E-state index contributed by atoms with van der Waals surface area (Å²) in [7, 11) is 1.71. The Bertz CT molecular complexity index is 914. The van der Waals surface area contributed by atoms with Gasteiger partial charge in [-0.1, -0.05) is 42.5 Å². The standard InChI is InChI=1S/C19H17N3O3/c1-22-17(10-11-21-22)18(23)20-12-13-6-8-14(9-7-13)15-4-2-3-5-16(15)19(24)25/h2-11H,12H2,1H3,(H,20,23)(H,24,25). The zero-order chi connectivity index (χ0) is 17.8. The van der Waals surface area contributed by atoms with Crippen LogP contribution in [0.3, 0.4) is 0 Å². The molecule has 6 nitrogen and oxygen atoms in total. The monoisotopic (exact) mass is 335 g/mol. The van der Waals surface area contributed by atoms with Crippen LogP contribution in [0.1, 0.15) is 26.4 Å². The number of carboxylic acid groups (broad SMARTS) is 1. The third kappa shape index (κ3) is 3.58. The number of carbonyl (C=O) groups excluding carboxylic acids is 1. The maximum Gasteiger partial charge on any atom is 0.336 e. The Morgan fingerprint density at radius 2 is 1.80 bits per heavy atom. The van der Waals surface area contributed by atoms with Gasteiger partial charge in [0.25, 0.3) is 5.91 Å². The van der Waals surface area contributed by atoms with Gasteiger partial charge in [0.2, 0.25) is 0 Å². The summed E-state index contributed by atoms with van der Waals surface area (Å²) in [5, 5.41) is 16.1. The van der Waals surface area contributed by atoms with E-state index in [1.54, 1.807) is 37.5 Å². The summed E-state index contributed by atoms with van der Waals surface area (Å²) in [6.45, 7) is 0.380. The highest BCUT2D eigenvalue weighted by Gasteiger charge is 2.11. The van der Waals surface area contributed by atoms with E-state index in [2.05, 4.69) is 10.4 Å². The number of carbonyl (C=O) groups is 2. The second kappa shape index (κ2) is 7.00. The average molecular weight is 335 g/mol. The van der Waals surface area contributed by atoms with Crippen LogP contribution in [-0.4, -0.2) is 26.8 Å². The van der Waals surface area contributed by atoms with Crippen molar-refractivity contribution in [3.63, 3.8) is 0 Å². The fourth-order valence-electron chi connectivity index (χ4n) is 2.59. The molecule has 2 N–H and O–H groups in total. The minimum absolute atomic E-state index is 0.194. The molecule has 3 aromatic rings. The zero-order valence-corrected chi connectivity index (χ0v) is 13.6. The molecule has 0 aliphatic heterocycles. The fourth-order valence-corrected chi connectivity index (χ4v) is 2.59. The van der Waals surface area contributed by atoms with Crippen molar-refractivity contribution in [3.8, 4) is 11.1 Å². The highest BCUT2D eigenvalue weighted by Crippen LogP contribution is 2.24. The predicted molar refractivity (Wildman–Crippen MR) is 93.2 cm³/mol. The van der Waals surface area contributed by atoms with Crippen LogP contribution in [0.15, 0.2) is 60.8 Å². The Morgan fingerprint density at radius 3 is 2.44 bits per heavy atom. The molecule has 0 fully saturated rings. The summed E-state index contributed by atoms with van der Waals surface area (Å²) in [4.78, 5) is 23.4. The molecule has 0 saturated heterocycles. The van der Waals surface area contributed by atoms with E-state index in [-0.39, 0.29) is 11.5 Å². The number of nitrogens with one attached hydrogen (secondary N) is 1. The molecule has 2 aromatic carbocycles. The molecule has 25 heavy (non-hydrogen) atoms. The van der Waals surface area contributed by atoms with E-state index < -0.39 is 5.97 Å². The lowest BCUT2D eigenvalue weighted by Crippen LogP contribution is -2.25. The maximum absolute atomic E-state index is 12.1. The minimum atomic E-state index is -0.955. The van der Waals surface area contributed by atoms with Crippen molar-refractivity contribution in [1.29, 1.82) is 0 Å². The van der Waals surface area contributed by atoms with Crippen LogP contribution in [0.4, 0.5) is 0 Å². The van der Waals surface area contributed by atoms with Gasteiger partial charge in [0.1, 0.15) is 5.69 Å². The van der Waals surface area contributed by atoms with E-state index in [0.717, 1.165) is 11.1 Å². The number of hydrogen-bond donors (Lipinski definition) is 2. The Morgan fingerprint density at radius 1 is 1.08 bits per heavy atom. The van der Waals surface area contributed by atoms with E-state index in [4.69, 9.17) is 0 Å². The molecule has 0 saturated carbocycles. The number of amides is 1. The summed E-state index contributed by atoms with van der Waals surface area (Å²) in [5.74, 6) is -1.15. The van der Waals surface area contributed by atoms with E-state index in [0.29, 0.717) is 17.8 Å². The van der Waals surface area contributed by atoms with Crippen LogP contribution in [-0.2, 0) is 13.6 Å². The average Bonchev–Trinajstić information content (AvgIpc) is 3.06. The first-order chi connectivity index (χ1) is 12.1. The topological polar surface area (TPSA) is 84.2 Å². The molecule has 0 spiro atoms. The lowest BCUT2D eigenvalue weighted by atomic mass is 9.99. The van der Waals surface area contributed by atoms with Gasteiger partial charge < -0.3 is 10.4 Å². The van der Waals surface area contributed by atoms with Crippen LogP contribution < -0.4 is 5.32 Å². The first kappa shape index (κ1) is 16.4. The molecule has 0 aliphatic carbocycles. The smallest absolute Gasteiger partial charge is 0.336 e. The van der Waals surface area contributed by atoms with Gasteiger partial charge in [-0.05, 0) is 28.8 Å². The summed E-state index contributed by atoms with van der Waals surface area (Å²) < 4.78 is 1.52. The van der Waals surface area contributed by atoms with E-state index >= 15 is 0 Å². The first-order valence-corrected chi connectivity index (χ1v) is 7.74. The maximum atomic E-state index is 12.1. The Balaban J connectivity index is 1.72. The molecule has 0 aliphatic rings. The quantitative estimate of drug-likeness (QED) is 0.751. The number of aromatic nitrogens is 2. The van der Waals surface area contributed by atoms with Crippen molar-refractivity contribution in [2.75, 3.05) is 0 Å². The molecule has 0 radical (unpaired) electrons. The molecule has 0 atom stereocenters. The van der Waals surface area contributed by atoms with Gasteiger partial charge in [0.15, 0.2) is 0 Å². The van der Waals surface area contributed by atoms with Crippen molar-refractivity contribution < 1.29 is 14.7 Å². The summed E-state index contributed by atoms with van der Waals surface area (Å²) in [6.07, 6.45) is 1.57. The summed E-state index contributed by atoms with van der Waals surface area (Å²) in [5.41, 5.74) is 3.17. The molecule has 6 heteroatoms. The Labute approximate surface area is 144 Å². The van der Waals surface area contributed by atoms with Crippen molar-refractivity contribution in [3.05, 3.63) is 77.6 Å². The van der Waals surface area contributed by atoms with Gasteiger partial charge in [0, 0.05) is 19.8 Å². The van der Waals surface area contributed by atoms with Crippen LogP contribution in [0.25, 0.3) is 11.1 Å². The van der Waals surface area contributed by atoms with Gasteiger partial charge in [-0.2, -0.15) is 5.10 Å². The second-order valence-electron chi connectivity index (χ2n) is 5.57. The van der Waals surface area contributed by atoms with Gasteiger partial charge >= 0.3 is 5.97 Å². The van der Waals surface area contributed by atoms with Crippen LogP contribution >= 0.6 is 0 Å². The summed E-state index contributed by atoms with van der Waals surface area (Å²) >= 11 is 0.